The van der Waals surface area contributed by atoms with E-state index in [2.05, 4.69) is 5.32 Å². The van der Waals surface area contributed by atoms with Gasteiger partial charge in [0.15, 0.2) is 0 Å². The number of halogens is 4. The Balaban J connectivity index is 2.09. The van der Waals surface area contributed by atoms with Gasteiger partial charge >= 0.3 is 13.8 Å². The molecule has 1 atom stereocenters. The number of amides is 1. The Bertz CT molecular complexity index is 868. The van der Waals surface area contributed by atoms with Crippen LogP contribution in [0.15, 0.2) is 48.5 Å². The number of alkyl halides is 3. The standard InChI is InChI=1S/C18H18ClF3NO4P/c19-15-3-1-2-13(8-15)10-17(24)23-16(11-28(25,26)27)9-12-4-6-14(7-5-12)18(20,21)22/h1-8,16H,9-11H2,(H,23,24)(H2,25,26,27). The monoisotopic (exact) mass is 435 g/mol. The number of carbonyl (C=O) groups excluding carboxylic acids is 1. The molecule has 10 heteroatoms. The molecule has 3 N–H and O–H groups in total. The molecule has 152 valence electrons. The maximum absolute atomic E-state index is 12.6. The fraction of sp³-hybridized carbons (Fsp3) is 0.278. The molecule has 0 saturated carbocycles. The van der Waals surface area contributed by atoms with Crippen LogP contribution in [0.5, 0.6) is 0 Å². The smallest absolute Gasteiger partial charge is 0.352 e. The predicted octanol–water partition coefficient (Wildman–Crippen LogP) is 3.81. The molecular formula is C18H18ClF3NO4P. The predicted molar refractivity (Wildman–Crippen MR) is 99.1 cm³/mol. The lowest BCUT2D eigenvalue weighted by Crippen LogP contribution is -2.39. The molecule has 2 aromatic carbocycles. The van der Waals surface area contributed by atoms with Gasteiger partial charge in [0.05, 0.1) is 18.1 Å². The van der Waals surface area contributed by atoms with Gasteiger partial charge in [0, 0.05) is 11.1 Å². The molecule has 0 aliphatic heterocycles. The van der Waals surface area contributed by atoms with E-state index in [0.717, 1.165) is 12.1 Å². The average Bonchev–Trinajstić information content (AvgIpc) is 2.52. The van der Waals surface area contributed by atoms with E-state index in [9.17, 15) is 32.3 Å². The molecule has 0 aliphatic carbocycles. The van der Waals surface area contributed by atoms with Gasteiger partial charge < -0.3 is 15.1 Å². The molecule has 0 saturated heterocycles. The maximum atomic E-state index is 12.6. The summed E-state index contributed by atoms with van der Waals surface area (Å²) in [6.45, 7) is 0. The summed E-state index contributed by atoms with van der Waals surface area (Å²) in [5, 5.41) is 2.98. The zero-order valence-corrected chi connectivity index (χ0v) is 16.1. The zero-order chi connectivity index (χ0) is 20.9. The number of benzene rings is 2. The summed E-state index contributed by atoms with van der Waals surface area (Å²) in [5.41, 5.74) is 0.205. The summed E-state index contributed by atoms with van der Waals surface area (Å²) >= 11 is 5.86. The topological polar surface area (TPSA) is 86.6 Å². The van der Waals surface area contributed by atoms with Crippen LogP contribution in [0.3, 0.4) is 0 Å². The first-order valence-corrected chi connectivity index (χ1v) is 10.3. The molecule has 0 radical (unpaired) electrons. The van der Waals surface area contributed by atoms with E-state index in [0.29, 0.717) is 16.1 Å². The van der Waals surface area contributed by atoms with Gasteiger partial charge in [-0.15, -0.1) is 0 Å². The molecule has 0 fully saturated rings. The second kappa shape index (κ2) is 9.09. The highest BCUT2D eigenvalue weighted by Gasteiger charge is 2.30. The molecule has 5 nitrogen and oxygen atoms in total. The summed E-state index contributed by atoms with van der Waals surface area (Å²) in [6, 6.07) is 9.86. The van der Waals surface area contributed by atoms with Crippen LogP contribution >= 0.6 is 19.2 Å². The molecule has 0 bridgehead atoms. The Morgan fingerprint density at radius 1 is 1.11 bits per heavy atom. The minimum absolute atomic E-state index is 0.0233. The van der Waals surface area contributed by atoms with Gasteiger partial charge in [-0.1, -0.05) is 35.9 Å². The fourth-order valence-electron chi connectivity index (χ4n) is 2.67. The van der Waals surface area contributed by atoms with Gasteiger partial charge in [-0.3, -0.25) is 9.36 Å². The van der Waals surface area contributed by atoms with Crippen molar-refractivity contribution in [1.29, 1.82) is 0 Å². The average molecular weight is 436 g/mol. The van der Waals surface area contributed by atoms with Crippen molar-refractivity contribution in [2.75, 3.05) is 6.16 Å². The molecule has 28 heavy (non-hydrogen) atoms. The lowest BCUT2D eigenvalue weighted by Gasteiger charge is -2.20. The summed E-state index contributed by atoms with van der Waals surface area (Å²) in [7, 11) is -4.46. The van der Waals surface area contributed by atoms with Gasteiger partial charge in [-0.2, -0.15) is 13.2 Å². The first kappa shape index (κ1) is 22.4. The number of hydrogen-bond acceptors (Lipinski definition) is 2. The molecule has 1 amide bonds. The number of carbonyl (C=O) groups is 1. The quantitative estimate of drug-likeness (QED) is 0.577. The van der Waals surface area contributed by atoms with Gasteiger partial charge in [0.1, 0.15) is 0 Å². The van der Waals surface area contributed by atoms with Crippen molar-refractivity contribution in [3.63, 3.8) is 0 Å². The maximum Gasteiger partial charge on any atom is 0.416 e. The van der Waals surface area contributed by atoms with E-state index < -0.39 is 37.4 Å². The summed E-state index contributed by atoms with van der Waals surface area (Å²) in [5.74, 6) is -0.479. The SMILES string of the molecule is O=C(Cc1cccc(Cl)c1)NC(Cc1ccc(C(F)(F)F)cc1)CP(=O)(O)O. The van der Waals surface area contributed by atoms with Crippen LogP contribution in [0, 0.1) is 0 Å². The van der Waals surface area contributed by atoms with Crippen LogP contribution < -0.4 is 5.32 Å². The third-order valence-electron chi connectivity index (χ3n) is 3.84. The highest BCUT2D eigenvalue weighted by atomic mass is 35.5. The third-order valence-corrected chi connectivity index (χ3v) is 4.99. The van der Waals surface area contributed by atoms with Gasteiger partial charge in [0.25, 0.3) is 0 Å². The molecule has 0 aromatic heterocycles. The summed E-state index contributed by atoms with van der Waals surface area (Å²) in [4.78, 5) is 30.7. The first-order valence-electron chi connectivity index (χ1n) is 8.17. The Hall–Kier alpha value is -1.86. The van der Waals surface area contributed by atoms with Crippen molar-refractivity contribution in [3.05, 3.63) is 70.2 Å². The second-order valence-corrected chi connectivity index (χ2v) is 8.45. The molecule has 0 heterocycles. The van der Waals surface area contributed by atoms with Crippen LogP contribution in [0.2, 0.25) is 5.02 Å². The molecule has 1 unspecified atom stereocenters. The van der Waals surface area contributed by atoms with Crippen molar-refractivity contribution >= 4 is 25.1 Å². The molecule has 2 rings (SSSR count). The van der Waals surface area contributed by atoms with E-state index in [1.807, 2.05) is 0 Å². The van der Waals surface area contributed by atoms with Crippen molar-refractivity contribution in [3.8, 4) is 0 Å². The highest BCUT2D eigenvalue weighted by Crippen LogP contribution is 2.36. The Kier molecular flexibility index (Phi) is 7.28. The fourth-order valence-corrected chi connectivity index (χ4v) is 3.68. The van der Waals surface area contributed by atoms with Crippen LogP contribution in [0.25, 0.3) is 0 Å². The molecular weight excluding hydrogens is 418 g/mol. The van der Waals surface area contributed by atoms with E-state index >= 15 is 0 Å². The van der Waals surface area contributed by atoms with E-state index in [1.165, 1.54) is 12.1 Å². The summed E-state index contributed by atoms with van der Waals surface area (Å²) < 4.78 is 49.3. The lowest BCUT2D eigenvalue weighted by atomic mass is 10.0. The number of rotatable bonds is 7. The molecule has 0 spiro atoms. The van der Waals surface area contributed by atoms with Crippen LogP contribution in [0.4, 0.5) is 13.2 Å². The van der Waals surface area contributed by atoms with Crippen molar-refractivity contribution < 1.29 is 32.3 Å². The van der Waals surface area contributed by atoms with Crippen LogP contribution in [0.1, 0.15) is 16.7 Å². The Morgan fingerprint density at radius 2 is 1.75 bits per heavy atom. The second-order valence-electron chi connectivity index (χ2n) is 6.32. The normalized spacial score (nSPS) is 13.2. The van der Waals surface area contributed by atoms with Crippen molar-refractivity contribution in [1.82, 2.24) is 5.32 Å². The van der Waals surface area contributed by atoms with Crippen molar-refractivity contribution in [2.24, 2.45) is 0 Å². The lowest BCUT2D eigenvalue weighted by molar-refractivity contribution is -0.137. The van der Waals surface area contributed by atoms with E-state index in [1.54, 1.807) is 24.3 Å². The van der Waals surface area contributed by atoms with E-state index in [-0.39, 0.29) is 12.8 Å². The Labute approximate surface area is 164 Å². The summed E-state index contributed by atoms with van der Waals surface area (Å²) in [6.07, 6.45) is -5.18. The molecule has 2 aromatic rings. The number of nitrogens with one attached hydrogen (secondary N) is 1. The zero-order valence-electron chi connectivity index (χ0n) is 14.5. The highest BCUT2D eigenvalue weighted by molar-refractivity contribution is 7.51. The van der Waals surface area contributed by atoms with E-state index in [4.69, 9.17) is 11.6 Å². The third kappa shape index (κ3) is 7.64. The first-order chi connectivity index (χ1) is 12.9. The van der Waals surface area contributed by atoms with Gasteiger partial charge in [0.2, 0.25) is 5.91 Å². The van der Waals surface area contributed by atoms with Crippen LogP contribution in [-0.2, 0) is 28.4 Å². The van der Waals surface area contributed by atoms with Crippen molar-refractivity contribution in [2.45, 2.75) is 25.1 Å². The minimum Gasteiger partial charge on any atom is -0.352 e. The van der Waals surface area contributed by atoms with Crippen LogP contribution in [-0.4, -0.2) is 27.9 Å². The minimum atomic E-state index is -4.48. The van der Waals surface area contributed by atoms with Gasteiger partial charge in [-0.05, 0) is 41.8 Å². The van der Waals surface area contributed by atoms with Gasteiger partial charge in [-0.25, -0.2) is 0 Å². The molecule has 0 aliphatic rings. The number of hydrogen-bond donors (Lipinski definition) is 3. The Morgan fingerprint density at radius 3 is 2.29 bits per heavy atom. The largest absolute Gasteiger partial charge is 0.416 e.